The Bertz CT molecular complexity index is 194. The summed E-state index contributed by atoms with van der Waals surface area (Å²) in [5, 5.41) is 1.44. The van der Waals surface area contributed by atoms with E-state index in [0.29, 0.717) is 5.96 Å². The molecule has 56 valence electrons. The van der Waals surface area contributed by atoms with Crippen molar-refractivity contribution < 1.29 is 0 Å². The number of hydrogen-bond donors (Lipinski definition) is 2. The molecule has 0 amide bonds. The quantitative estimate of drug-likeness (QED) is 0.457. The smallest absolute Gasteiger partial charge is 0.211 e. The minimum atomic E-state index is 0.150. The third kappa shape index (κ3) is 1.11. The Morgan fingerprint density at radius 3 is 2.80 bits per heavy atom. The van der Waals surface area contributed by atoms with E-state index in [-0.39, 0.29) is 6.04 Å². The first-order chi connectivity index (χ1) is 4.61. The molecule has 1 unspecified atom stereocenters. The van der Waals surface area contributed by atoms with Gasteiger partial charge in [-0.1, -0.05) is 0 Å². The van der Waals surface area contributed by atoms with Gasteiger partial charge in [-0.2, -0.15) is 0 Å². The van der Waals surface area contributed by atoms with Crippen LogP contribution in [0.25, 0.3) is 0 Å². The number of guanidine groups is 1. The number of nitrogens with two attached hydrogens (primary N) is 2. The van der Waals surface area contributed by atoms with E-state index in [9.17, 15) is 0 Å². The van der Waals surface area contributed by atoms with Crippen LogP contribution in [-0.4, -0.2) is 17.0 Å². The molecule has 0 saturated carbocycles. The van der Waals surface area contributed by atoms with Crippen LogP contribution < -0.4 is 11.6 Å². The highest BCUT2D eigenvalue weighted by Gasteiger charge is 2.13. The van der Waals surface area contributed by atoms with Crippen molar-refractivity contribution in [2.45, 2.75) is 19.9 Å². The van der Waals surface area contributed by atoms with Gasteiger partial charge in [-0.05, 0) is 19.9 Å². The first kappa shape index (κ1) is 7.08. The van der Waals surface area contributed by atoms with Crippen molar-refractivity contribution in [3.63, 3.8) is 0 Å². The standard InChI is InChI=1S/C6H12N4/c1-4-3-5(2)10(8)6(7)9-4/h3,5H,8H2,1-2H3,(H2,7,9). The van der Waals surface area contributed by atoms with Crippen LogP contribution in [0.1, 0.15) is 13.8 Å². The van der Waals surface area contributed by atoms with Crippen molar-refractivity contribution >= 4 is 5.96 Å². The molecule has 1 heterocycles. The van der Waals surface area contributed by atoms with Gasteiger partial charge in [0.05, 0.1) is 6.04 Å². The predicted octanol–water partition coefficient (Wildman–Crippen LogP) is -0.217. The second kappa shape index (κ2) is 2.30. The van der Waals surface area contributed by atoms with E-state index in [1.54, 1.807) is 0 Å². The Kier molecular flexibility index (Phi) is 1.63. The highest BCUT2D eigenvalue weighted by Crippen LogP contribution is 2.07. The van der Waals surface area contributed by atoms with Gasteiger partial charge in [0.15, 0.2) is 0 Å². The lowest BCUT2D eigenvalue weighted by Gasteiger charge is -2.25. The summed E-state index contributed by atoms with van der Waals surface area (Å²) in [6, 6.07) is 0.150. The molecule has 1 aliphatic rings. The zero-order valence-electron chi connectivity index (χ0n) is 6.20. The van der Waals surface area contributed by atoms with Gasteiger partial charge in [0.25, 0.3) is 0 Å². The van der Waals surface area contributed by atoms with E-state index in [1.807, 2.05) is 19.9 Å². The number of hydrazine groups is 1. The molecule has 4 N–H and O–H groups in total. The van der Waals surface area contributed by atoms with Crippen LogP contribution in [0.3, 0.4) is 0 Å². The molecule has 0 radical (unpaired) electrons. The Balaban J connectivity index is 2.85. The maximum Gasteiger partial charge on any atom is 0.211 e. The lowest BCUT2D eigenvalue weighted by molar-refractivity contribution is 0.381. The monoisotopic (exact) mass is 140 g/mol. The zero-order chi connectivity index (χ0) is 7.72. The molecular weight excluding hydrogens is 128 g/mol. The number of hydrogen-bond acceptors (Lipinski definition) is 4. The Labute approximate surface area is 60.2 Å². The number of nitrogens with zero attached hydrogens (tertiary/aromatic N) is 2. The molecule has 1 aliphatic heterocycles. The molecule has 4 nitrogen and oxygen atoms in total. The van der Waals surface area contributed by atoms with Crippen molar-refractivity contribution in [1.82, 2.24) is 5.01 Å². The molecular formula is C6H12N4. The van der Waals surface area contributed by atoms with Gasteiger partial charge in [-0.3, -0.25) is 5.01 Å². The van der Waals surface area contributed by atoms with Gasteiger partial charge < -0.3 is 5.73 Å². The fraction of sp³-hybridized carbons (Fsp3) is 0.500. The highest BCUT2D eigenvalue weighted by molar-refractivity contribution is 5.79. The van der Waals surface area contributed by atoms with Crippen LogP contribution in [-0.2, 0) is 0 Å². The Morgan fingerprint density at radius 2 is 2.30 bits per heavy atom. The summed E-state index contributed by atoms with van der Waals surface area (Å²) in [5.74, 6) is 5.90. The molecule has 0 aromatic carbocycles. The van der Waals surface area contributed by atoms with Crippen LogP contribution >= 0.6 is 0 Å². The van der Waals surface area contributed by atoms with Gasteiger partial charge in [0, 0.05) is 5.70 Å². The molecule has 0 aliphatic carbocycles. The van der Waals surface area contributed by atoms with Crippen molar-refractivity contribution in [2.75, 3.05) is 0 Å². The largest absolute Gasteiger partial charge is 0.368 e. The van der Waals surface area contributed by atoms with Crippen molar-refractivity contribution in [2.24, 2.45) is 16.6 Å². The third-order valence-electron chi connectivity index (χ3n) is 1.48. The van der Waals surface area contributed by atoms with Gasteiger partial charge in [0.2, 0.25) is 5.96 Å². The van der Waals surface area contributed by atoms with Gasteiger partial charge in [0.1, 0.15) is 0 Å². The van der Waals surface area contributed by atoms with Crippen LogP contribution in [0.5, 0.6) is 0 Å². The van der Waals surface area contributed by atoms with Crippen LogP contribution in [0.2, 0.25) is 0 Å². The van der Waals surface area contributed by atoms with E-state index in [2.05, 4.69) is 4.99 Å². The average molecular weight is 140 g/mol. The Morgan fingerprint density at radius 1 is 1.70 bits per heavy atom. The molecule has 0 spiro atoms. The molecule has 1 atom stereocenters. The number of rotatable bonds is 0. The Hall–Kier alpha value is -1.03. The summed E-state index contributed by atoms with van der Waals surface area (Å²) in [7, 11) is 0. The summed E-state index contributed by atoms with van der Waals surface area (Å²) >= 11 is 0. The number of aliphatic imine (C=N–C) groups is 1. The topological polar surface area (TPSA) is 67.6 Å². The van der Waals surface area contributed by atoms with Gasteiger partial charge in [-0.15, -0.1) is 0 Å². The van der Waals surface area contributed by atoms with Gasteiger partial charge in [-0.25, -0.2) is 10.8 Å². The fourth-order valence-corrected chi connectivity index (χ4v) is 0.914. The van der Waals surface area contributed by atoms with E-state index in [1.165, 1.54) is 5.01 Å². The summed E-state index contributed by atoms with van der Waals surface area (Å²) in [5.41, 5.74) is 6.39. The zero-order valence-corrected chi connectivity index (χ0v) is 6.20. The lowest BCUT2D eigenvalue weighted by atomic mass is 10.2. The normalized spacial score (nSPS) is 25.9. The molecule has 1 rings (SSSR count). The van der Waals surface area contributed by atoms with Crippen molar-refractivity contribution in [3.8, 4) is 0 Å². The predicted molar refractivity (Wildman–Crippen MR) is 40.9 cm³/mol. The van der Waals surface area contributed by atoms with E-state index < -0.39 is 0 Å². The summed E-state index contributed by atoms with van der Waals surface area (Å²) in [6.45, 7) is 3.86. The summed E-state index contributed by atoms with van der Waals surface area (Å²) < 4.78 is 0. The summed E-state index contributed by atoms with van der Waals surface area (Å²) in [4.78, 5) is 3.97. The van der Waals surface area contributed by atoms with Crippen molar-refractivity contribution in [1.29, 1.82) is 0 Å². The molecule has 0 saturated heterocycles. The van der Waals surface area contributed by atoms with E-state index >= 15 is 0 Å². The maximum absolute atomic E-state index is 5.52. The average Bonchev–Trinajstić information content (AvgIpc) is 1.82. The van der Waals surface area contributed by atoms with Gasteiger partial charge >= 0.3 is 0 Å². The van der Waals surface area contributed by atoms with Crippen LogP contribution in [0.15, 0.2) is 16.8 Å². The van der Waals surface area contributed by atoms with E-state index in [0.717, 1.165) is 5.70 Å². The minimum Gasteiger partial charge on any atom is -0.368 e. The fourth-order valence-electron chi connectivity index (χ4n) is 0.914. The molecule has 10 heavy (non-hydrogen) atoms. The molecule has 0 bridgehead atoms. The second-order valence-electron chi connectivity index (χ2n) is 2.43. The molecule has 0 aromatic rings. The second-order valence-corrected chi connectivity index (χ2v) is 2.43. The van der Waals surface area contributed by atoms with Crippen LogP contribution in [0.4, 0.5) is 0 Å². The molecule has 0 fully saturated rings. The highest BCUT2D eigenvalue weighted by atomic mass is 15.5. The lowest BCUT2D eigenvalue weighted by Crippen LogP contribution is -2.49. The third-order valence-corrected chi connectivity index (χ3v) is 1.48. The SMILES string of the molecule is CC1=CC(C)N(N)C(N)=N1. The van der Waals surface area contributed by atoms with Crippen molar-refractivity contribution in [3.05, 3.63) is 11.8 Å². The first-order valence-electron chi connectivity index (χ1n) is 3.18. The summed E-state index contributed by atoms with van der Waals surface area (Å²) in [6.07, 6.45) is 1.95. The number of allylic oxidation sites excluding steroid dienone is 1. The molecule has 0 aromatic heterocycles. The van der Waals surface area contributed by atoms with E-state index in [4.69, 9.17) is 11.6 Å². The van der Waals surface area contributed by atoms with Crippen LogP contribution in [0, 0.1) is 0 Å². The first-order valence-corrected chi connectivity index (χ1v) is 3.18. The minimum absolute atomic E-state index is 0.150. The maximum atomic E-state index is 5.52. The molecule has 4 heteroatoms.